The molecule has 0 aliphatic carbocycles. The van der Waals surface area contributed by atoms with Crippen LogP contribution in [-0.4, -0.2) is 38.2 Å². The lowest BCUT2D eigenvalue weighted by Gasteiger charge is -2.14. The number of methoxy groups -OCH3 is 1. The van der Waals surface area contributed by atoms with Crippen LogP contribution < -0.4 is 11.1 Å². The van der Waals surface area contributed by atoms with Gasteiger partial charge in [-0.15, -0.1) is 0 Å². The summed E-state index contributed by atoms with van der Waals surface area (Å²) in [6.07, 6.45) is 0.407. The number of anilines is 1. The SMILES string of the molecule is CCOC(=O)c1ccccc1NC(=O)C(N)CCOC. The second kappa shape index (κ2) is 8.29. The van der Waals surface area contributed by atoms with Crippen LogP contribution in [0.2, 0.25) is 0 Å². The summed E-state index contributed by atoms with van der Waals surface area (Å²) in [6, 6.07) is 5.96. The van der Waals surface area contributed by atoms with Crippen molar-refractivity contribution in [2.75, 3.05) is 25.6 Å². The number of carbonyl (C=O) groups excluding carboxylic acids is 2. The van der Waals surface area contributed by atoms with Crippen molar-refractivity contribution >= 4 is 17.6 Å². The molecule has 6 heteroatoms. The molecule has 1 aromatic rings. The number of nitrogens with one attached hydrogen (secondary N) is 1. The molecule has 1 amide bonds. The van der Waals surface area contributed by atoms with Crippen LogP contribution in [0.5, 0.6) is 0 Å². The zero-order valence-corrected chi connectivity index (χ0v) is 11.7. The van der Waals surface area contributed by atoms with Crippen LogP contribution in [0, 0.1) is 0 Å². The first kappa shape index (κ1) is 16.1. The Balaban J connectivity index is 2.76. The molecule has 1 rings (SSSR count). The number of hydrogen-bond donors (Lipinski definition) is 2. The number of hydrogen-bond acceptors (Lipinski definition) is 5. The van der Waals surface area contributed by atoms with Crippen molar-refractivity contribution in [3.8, 4) is 0 Å². The molecule has 110 valence electrons. The van der Waals surface area contributed by atoms with Crippen molar-refractivity contribution in [1.29, 1.82) is 0 Å². The Bertz CT molecular complexity index is 462. The van der Waals surface area contributed by atoms with E-state index >= 15 is 0 Å². The first-order valence-electron chi connectivity index (χ1n) is 6.41. The fourth-order valence-electron chi connectivity index (χ4n) is 1.58. The van der Waals surface area contributed by atoms with Gasteiger partial charge in [0.05, 0.1) is 23.9 Å². The third kappa shape index (κ3) is 4.64. The number of amides is 1. The van der Waals surface area contributed by atoms with Gasteiger partial charge in [-0.1, -0.05) is 12.1 Å². The molecule has 0 aliphatic heterocycles. The molecule has 0 saturated carbocycles. The van der Waals surface area contributed by atoms with Crippen molar-refractivity contribution in [2.24, 2.45) is 5.73 Å². The Morgan fingerprint density at radius 3 is 2.70 bits per heavy atom. The molecule has 0 aliphatic rings. The zero-order chi connectivity index (χ0) is 15.0. The van der Waals surface area contributed by atoms with Gasteiger partial charge in [-0.05, 0) is 25.5 Å². The second-order valence-electron chi connectivity index (χ2n) is 4.14. The Kier molecular flexibility index (Phi) is 6.69. The first-order chi connectivity index (χ1) is 9.60. The average Bonchev–Trinajstić information content (AvgIpc) is 2.45. The number of ether oxygens (including phenoxy) is 2. The standard InChI is InChI=1S/C14H20N2O4/c1-3-20-14(18)10-6-4-5-7-12(10)16-13(17)11(15)8-9-19-2/h4-7,11H,3,8-9,15H2,1-2H3,(H,16,17). The van der Waals surface area contributed by atoms with Crippen LogP contribution in [0.25, 0.3) is 0 Å². The molecule has 0 bridgehead atoms. The molecule has 3 N–H and O–H groups in total. The van der Waals surface area contributed by atoms with Gasteiger partial charge in [-0.25, -0.2) is 4.79 Å². The number of para-hydroxylation sites is 1. The number of benzene rings is 1. The minimum atomic E-state index is -0.690. The highest BCUT2D eigenvalue weighted by Crippen LogP contribution is 2.16. The normalized spacial score (nSPS) is 11.8. The van der Waals surface area contributed by atoms with Crippen LogP contribution in [0.4, 0.5) is 5.69 Å². The maximum Gasteiger partial charge on any atom is 0.340 e. The lowest BCUT2D eigenvalue weighted by atomic mass is 10.1. The van der Waals surface area contributed by atoms with E-state index < -0.39 is 12.0 Å². The minimum Gasteiger partial charge on any atom is -0.462 e. The van der Waals surface area contributed by atoms with Gasteiger partial charge in [-0.3, -0.25) is 4.79 Å². The smallest absolute Gasteiger partial charge is 0.340 e. The van der Waals surface area contributed by atoms with Crippen molar-refractivity contribution in [3.05, 3.63) is 29.8 Å². The molecule has 0 saturated heterocycles. The fraction of sp³-hybridized carbons (Fsp3) is 0.429. The van der Waals surface area contributed by atoms with Crippen LogP contribution in [0.1, 0.15) is 23.7 Å². The topological polar surface area (TPSA) is 90.7 Å². The molecule has 0 fully saturated rings. The van der Waals surface area contributed by atoms with E-state index in [9.17, 15) is 9.59 Å². The van der Waals surface area contributed by atoms with Gasteiger partial charge >= 0.3 is 5.97 Å². The summed E-state index contributed by atoms with van der Waals surface area (Å²) >= 11 is 0. The molecule has 1 aromatic carbocycles. The van der Waals surface area contributed by atoms with E-state index in [2.05, 4.69) is 5.32 Å². The van der Waals surface area contributed by atoms with Crippen molar-refractivity contribution in [3.63, 3.8) is 0 Å². The number of rotatable bonds is 7. The summed E-state index contributed by atoms with van der Waals surface area (Å²) in [5.74, 6) is -0.840. The summed E-state index contributed by atoms with van der Waals surface area (Å²) < 4.78 is 9.81. The van der Waals surface area contributed by atoms with Crippen molar-refractivity contribution in [1.82, 2.24) is 0 Å². The molecule has 0 radical (unpaired) electrons. The van der Waals surface area contributed by atoms with E-state index in [0.717, 1.165) is 0 Å². The van der Waals surface area contributed by atoms with E-state index in [-0.39, 0.29) is 12.5 Å². The van der Waals surface area contributed by atoms with Gasteiger partial charge in [-0.2, -0.15) is 0 Å². The van der Waals surface area contributed by atoms with Gasteiger partial charge in [0, 0.05) is 13.7 Å². The first-order valence-corrected chi connectivity index (χ1v) is 6.41. The molecular formula is C14H20N2O4. The lowest BCUT2D eigenvalue weighted by molar-refractivity contribution is -0.117. The van der Waals surface area contributed by atoms with Crippen LogP contribution in [0.3, 0.4) is 0 Å². The summed E-state index contributed by atoms with van der Waals surface area (Å²) in [4.78, 5) is 23.7. The number of nitrogens with two attached hydrogens (primary N) is 1. The predicted octanol–water partition coefficient (Wildman–Crippen LogP) is 1.17. The highest BCUT2D eigenvalue weighted by atomic mass is 16.5. The predicted molar refractivity (Wildman–Crippen MR) is 75.5 cm³/mol. The molecule has 0 aromatic heterocycles. The number of carbonyl (C=O) groups is 2. The number of esters is 1. The van der Waals surface area contributed by atoms with Gasteiger partial charge in [0.25, 0.3) is 0 Å². The second-order valence-corrected chi connectivity index (χ2v) is 4.14. The van der Waals surface area contributed by atoms with Crippen LogP contribution in [-0.2, 0) is 14.3 Å². The van der Waals surface area contributed by atoms with Gasteiger partial charge in [0.1, 0.15) is 0 Å². The van der Waals surface area contributed by atoms with E-state index in [1.165, 1.54) is 0 Å². The Morgan fingerprint density at radius 1 is 1.35 bits per heavy atom. The maximum absolute atomic E-state index is 11.9. The monoisotopic (exact) mass is 280 g/mol. The summed E-state index contributed by atoms with van der Waals surface area (Å²) in [6.45, 7) is 2.39. The summed E-state index contributed by atoms with van der Waals surface area (Å²) in [7, 11) is 1.54. The molecule has 0 spiro atoms. The third-order valence-electron chi connectivity index (χ3n) is 2.65. The molecule has 20 heavy (non-hydrogen) atoms. The Morgan fingerprint density at radius 2 is 2.05 bits per heavy atom. The largest absolute Gasteiger partial charge is 0.462 e. The molecule has 0 heterocycles. The highest BCUT2D eigenvalue weighted by Gasteiger charge is 2.17. The minimum absolute atomic E-state index is 0.272. The Hall–Kier alpha value is -1.92. The lowest BCUT2D eigenvalue weighted by Crippen LogP contribution is -2.36. The fourth-order valence-corrected chi connectivity index (χ4v) is 1.58. The van der Waals surface area contributed by atoms with Gasteiger partial charge in [0.15, 0.2) is 0 Å². The summed E-state index contributed by atoms with van der Waals surface area (Å²) in [5.41, 5.74) is 6.43. The molecule has 1 atom stereocenters. The summed E-state index contributed by atoms with van der Waals surface area (Å²) in [5, 5.41) is 2.64. The van der Waals surface area contributed by atoms with Gasteiger partial charge in [0.2, 0.25) is 5.91 Å². The highest BCUT2D eigenvalue weighted by molar-refractivity contribution is 6.02. The van der Waals surface area contributed by atoms with E-state index in [0.29, 0.717) is 24.3 Å². The van der Waals surface area contributed by atoms with E-state index in [1.54, 1.807) is 38.3 Å². The van der Waals surface area contributed by atoms with Crippen LogP contribution >= 0.6 is 0 Å². The van der Waals surface area contributed by atoms with Crippen LogP contribution in [0.15, 0.2) is 24.3 Å². The quantitative estimate of drug-likeness (QED) is 0.731. The van der Waals surface area contributed by atoms with E-state index in [1.807, 2.05) is 0 Å². The Labute approximate surface area is 118 Å². The molecule has 6 nitrogen and oxygen atoms in total. The third-order valence-corrected chi connectivity index (χ3v) is 2.65. The van der Waals surface area contributed by atoms with Crippen molar-refractivity contribution < 1.29 is 19.1 Å². The van der Waals surface area contributed by atoms with Gasteiger partial charge < -0.3 is 20.5 Å². The van der Waals surface area contributed by atoms with E-state index in [4.69, 9.17) is 15.2 Å². The zero-order valence-electron chi connectivity index (χ0n) is 11.7. The van der Waals surface area contributed by atoms with Crippen molar-refractivity contribution in [2.45, 2.75) is 19.4 Å². The molecular weight excluding hydrogens is 260 g/mol. The maximum atomic E-state index is 11.9. The molecule has 1 unspecified atom stereocenters. The average molecular weight is 280 g/mol.